The number of thioether (sulfide) groups is 1. The topological polar surface area (TPSA) is 112 Å². The predicted molar refractivity (Wildman–Crippen MR) is 105 cm³/mol. The Morgan fingerprint density at radius 3 is 2.93 bits per heavy atom. The lowest BCUT2D eigenvalue weighted by Crippen LogP contribution is -2.50. The number of carbonyl (C=O) groups is 2. The number of primary amides is 1. The molecule has 4 rings (SSSR count). The van der Waals surface area contributed by atoms with Gasteiger partial charge in [0.25, 0.3) is 5.91 Å². The van der Waals surface area contributed by atoms with Crippen LogP contribution in [0.4, 0.5) is 0 Å². The summed E-state index contributed by atoms with van der Waals surface area (Å²) in [4.78, 5) is 26.2. The molecule has 2 aromatic heterocycles. The van der Waals surface area contributed by atoms with E-state index in [1.165, 1.54) is 23.1 Å². The van der Waals surface area contributed by atoms with Gasteiger partial charge in [0.05, 0.1) is 13.2 Å². The lowest BCUT2D eigenvalue weighted by Gasteiger charge is -2.30. The molecule has 1 saturated heterocycles. The third kappa shape index (κ3) is 3.75. The number of morpholine rings is 1. The van der Waals surface area contributed by atoms with Gasteiger partial charge in [-0.1, -0.05) is 41.3 Å². The van der Waals surface area contributed by atoms with Gasteiger partial charge in [0, 0.05) is 23.2 Å². The van der Waals surface area contributed by atoms with E-state index in [0.29, 0.717) is 17.9 Å². The summed E-state index contributed by atoms with van der Waals surface area (Å²) in [5, 5.41) is 9.93. The fourth-order valence-corrected chi connectivity index (χ4v) is 4.88. The average Bonchev–Trinajstić information content (AvgIpc) is 3.29. The number of para-hydroxylation sites is 1. The van der Waals surface area contributed by atoms with Gasteiger partial charge < -0.3 is 19.8 Å². The smallest absolute Gasteiger partial charge is 0.290 e. The van der Waals surface area contributed by atoms with Crippen molar-refractivity contribution in [1.82, 2.24) is 15.1 Å². The molecular formula is C18H18N4O4S2. The van der Waals surface area contributed by atoms with Crippen LogP contribution in [0.5, 0.6) is 0 Å². The first kappa shape index (κ1) is 18.9. The maximum atomic E-state index is 13.2. The predicted octanol–water partition coefficient (Wildman–Crippen LogP) is 2.21. The molecule has 28 heavy (non-hydrogen) atoms. The van der Waals surface area contributed by atoms with Crippen molar-refractivity contribution in [2.75, 3.05) is 19.7 Å². The summed E-state index contributed by atoms with van der Waals surface area (Å²) >= 11 is 3.02. The minimum atomic E-state index is -0.802. The van der Waals surface area contributed by atoms with Gasteiger partial charge >= 0.3 is 0 Å². The van der Waals surface area contributed by atoms with Gasteiger partial charge in [-0.15, -0.1) is 10.2 Å². The third-order valence-corrected chi connectivity index (χ3v) is 6.41. The molecule has 2 N–H and O–H groups in total. The molecule has 146 valence electrons. The highest BCUT2D eigenvalue weighted by molar-refractivity contribution is 8.00. The van der Waals surface area contributed by atoms with Crippen molar-refractivity contribution in [2.24, 2.45) is 5.73 Å². The zero-order chi connectivity index (χ0) is 19.7. The number of furan rings is 1. The molecule has 3 heterocycles. The fraction of sp³-hybridized carbons (Fsp3) is 0.333. The number of nitrogens with two attached hydrogens (primary N) is 1. The molecule has 0 radical (unpaired) electrons. The normalized spacial score (nSPS) is 17.2. The number of benzene rings is 1. The largest absolute Gasteiger partial charge is 0.451 e. The second-order valence-corrected chi connectivity index (χ2v) is 8.70. The van der Waals surface area contributed by atoms with E-state index in [4.69, 9.17) is 14.9 Å². The molecule has 1 aliphatic rings. The van der Waals surface area contributed by atoms with Crippen LogP contribution in [0.15, 0.2) is 33.0 Å². The fourth-order valence-electron chi connectivity index (χ4n) is 3.03. The number of fused-ring (bicyclic) bond motifs is 1. The molecule has 1 unspecified atom stereocenters. The summed E-state index contributed by atoms with van der Waals surface area (Å²) in [6.45, 7) is 2.65. The second-order valence-electron chi connectivity index (χ2n) is 6.29. The van der Waals surface area contributed by atoms with E-state index in [1.807, 2.05) is 31.2 Å². The summed E-state index contributed by atoms with van der Waals surface area (Å²) in [6.07, 6.45) is -0.802. The Bertz CT molecular complexity index is 1030. The quantitative estimate of drug-likeness (QED) is 0.632. The first-order chi connectivity index (χ1) is 13.5. The molecule has 0 aliphatic carbocycles. The Morgan fingerprint density at radius 1 is 1.36 bits per heavy atom. The van der Waals surface area contributed by atoms with Crippen molar-refractivity contribution in [1.29, 1.82) is 0 Å². The summed E-state index contributed by atoms with van der Waals surface area (Å²) in [7, 11) is 0. The van der Waals surface area contributed by atoms with Crippen LogP contribution in [0.2, 0.25) is 0 Å². The summed E-state index contributed by atoms with van der Waals surface area (Å²) in [6, 6.07) is 7.54. The van der Waals surface area contributed by atoms with Gasteiger partial charge in [0.1, 0.15) is 10.6 Å². The van der Waals surface area contributed by atoms with Crippen LogP contribution in [0.3, 0.4) is 0 Å². The molecule has 0 saturated carbocycles. The molecule has 3 aromatic rings. The number of hydrogen-bond acceptors (Lipinski definition) is 8. The molecule has 1 aliphatic heterocycles. The Balaban J connectivity index is 1.63. The van der Waals surface area contributed by atoms with Crippen molar-refractivity contribution >= 4 is 45.9 Å². The van der Waals surface area contributed by atoms with Crippen LogP contribution < -0.4 is 5.73 Å². The molecule has 1 fully saturated rings. The molecule has 10 heteroatoms. The van der Waals surface area contributed by atoms with Crippen molar-refractivity contribution < 1.29 is 18.7 Å². The summed E-state index contributed by atoms with van der Waals surface area (Å²) in [5.41, 5.74) is 6.79. The summed E-state index contributed by atoms with van der Waals surface area (Å²) in [5.74, 6) is -0.0459. The first-order valence-corrected chi connectivity index (χ1v) is 10.5. The van der Waals surface area contributed by atoms with Crippen LogP contribution in [-0.4, -0.2) is 52.7 Å². The number of nitrogens with zero attached hydrogens (tertiary/aromatic N) is 3. The molecular weight excluding hydrogens is 400 g/mol. The molecule has 0 bridgehead atoms. The van der Waals surface area contributed by atoms with Crippen molar-refractivity contribution in [3.8, 4) is 0 Å². The summed E-state index contributed by atoms with van der Waals surface area (Å²) < 4.78 is 12.1. The highest BCUT2D eigenvalue weighted by Crippen LogP contribution is 2.33. The Hall–Kier alpha value is -2.43. The van der Waals surface area contributed by atoms with E-state index in [-0.39, 0.29) is 24.8 Å². The van der Waals surface area contributed by atoms with E-state index < -0.39 is 12.0 Å². The highest BCUT2D eigenvalue weighted by atomic mass is 32.2. The van der Waals surface area contributed by atoms with E-state index in [1.54, 1.807) is 4.90 Å². The molecule has 0 spiro atoms. The van der Waals surface area contributed by atoms with E-state index in [2.05, 4.69) is 10.2 Å². The zero-order valence-corrected chi connectivity index (χ0v) is 16.7. The molecule has 8 nitrogen and oxygen atoms in total. The lowest BCUT2D eigenvalue weighted by atomic mass is 10.1. The van der Waals surface area contributed by atoms with Crippen LogP contribution in [0, 0.1) is 6.92 Å². The minimum Gasteiger partial charge on any atom is -0.451 e. The van der Waals surface area contributed by atoms with Gasteiger partial charge in [-0.2, -0.15) is 0 Å². The Labute approximate surface area is 169 Å². The number of carbonyl (C=O) groups excluding carboxylic acids is 2. The van der Waals surface area contributed by atoms with Crippen molar-refractivity contribution in [3.63, 3.8) is 0 Å². The first-order valence-electron chi connectivity index (χ1n) is 8.66. The molecule has 2 amide bonds. The van der Waals surface area contributed by atoms with Gasteiger partial charge in [0.15, 0.2) is 16.2 Å². The zero-order valence-electron chi connectivity index (χ0n) is 15.1. The van der Waals surface area contributed by atoms with Gasteiger partial charge in [-0.3, -0.25) is 9.59 Å². The monoisotopic (exact) mass is 418 g/mol. The Kier molecular flexibility index (Phi) is 5.33. The lowest BCUT2D eigenvalue weighted by molar-refractivity contribution is -0.133. The third-order valence-electron chi connectivity index (χ3n) is 4.41. The van der Waals surface area contributed by atoms with Crippen LogP contribution in [0.1, 0.15) is 21.1 Å². The number of hydrogen-bond donors (Lipinski definition) is 1. The van der Waals surface area contributed by atoms with Crippen molar-refractivity contribution in [2.45, 2.75) is 23.1 Å². The number of ether oxygens (including phenoxy) is 1. The van der Waals surface area contributed by atoms with Gasteiger partial charge in [-0.05, 0) is 13.0 Å². The number of rotatable bonds is 5. The van der Waals surface area contributed by atoms with Crippen LogP contribution in [-0.2, 0) is 15.3 Å². The minimum absolute atomic E-state index is 0.118. The standard InChI is InChI=1S/C18H18N4O4S2/c1-10-20-21-18(28-10)27-9-12-11-4-2-3-5-13(11)26-15(12)17(24)22-6-7-25-14(8-22)16(19)23/h2-5,14H,6-9H2,1H3,(H2,19,23). The SMILES string of the molecule is Cc1nnc(SCc2c(C(=O)N3CCOC(C(N)=O)C3)oc3ccccc23)s1. The van der Waals surface area contributed by atoms with Crippen molar-refractivity contribution in [3.05, 3.63) is 40.6 Å². The molecule has 1 aromatic carbocycles. The number of amides is 2. The Morgan fingerprint density at radius 2 is 2.18 bits per heavy atom. The number of aromatic nitrogens is 2. The maximum Gasteiger partial charge on any atom is 0.290 e. The van der Waals surface area contributed by atoms with Gasteiger partial charge in [-0.25, -0.2) is 0 Å². The van der Waals surface area contributed by atoms with Crippen LogP contribution in [0.25, 0.3) is 11.0 Å². The second kappa shape index (κ2) is 7.90. The number of aryl methyl sites for hydroxylation is 1. The highest BCUT2D eigenvalue weighted by Gasteiger charge is 2.31. The van der Waals surface area contributed by atoms with E-state index >= 15 is 0 Å². The van der Waals surface area contributed by atoms with Gasteiger partial charge in [0.2, 0.25) is 5.91 Å². The van der Waals surface area contributed by atoms with Crippen LogP contribution >= 0.6 is 23.1 Å². The maximum absolute atomic E-state index is 13.2. The molecule has 1 atom stereocenters. The van der Waals surface area contributed by atoms with E-state index in [0.717, 1.165) is 20.3 Å². The van der Waals surface area contributed by atoms with E-state index in [9.17, 15) is 9.59 Å². The average molecular weight is 419 g/mol.